The fourth-order valence-electron chi connectivity index (χ4n) is 1.85. The van der Waals surface area contributed by atoms with E-state index in [2.05, 4.69) is 25.7 Å². The Kier molecular flexibility index (Phi) is 4.24. The van der Waals surface area contributed by atoms with E-state index in [1.54, 1.807) is 24.3 Å². The molecule has 1 amide bonds. The highest BCUT2D eigenvalue weighted by atomic mass is 35.5. The molecule has 2 heterocycles. The number of nitrogens with zero attached hydrogens (tertiary/aromatic N) is 3. The van der Waals surface area contributed by atoms with Crippen LogP contribution in [0.2, 0.25) is 5.02 Å². The van der Waals surface area contributed by atoms with Crippen molar-refractivity contribution in [1.29, 1.82) is 0 Å². The second kappa shape index (κ2) is 6.21. The van der Waals surface area contributed by atoms with Gasteiger partial charge in [0, 0.05) is 10.6 Å². The fraction of sp³-hybridized carbons (Fsp3) is 0.0769. The van der Waals surface area contributed by atoms with Gasteiger partial charge < -0.3 is 0 Å². The van der Waals surface area contributed by atoms with Crippen LogP contribution in [0, 0.1) is 0 Å². The zero-order valence-electron chi connectivity index (χ0n) is 11.6. The van der Waals surface area contributed by atoms with Crippen LogP contribution < -0.4 is 5.32 Å². The Bertz CT molecular complexity index is 874. The van der Waals surface area contributed by atoms with Gasteiger partial charge in [0.1, 0.15) is 0 Å². The molecule has 6 nitrogen and oxygen atoms in total. The number of hydrogen-bond acceptors (Lipinski definition) is 5. The van der Waals surface area contributed by atoms with Gasteiger partial charge in [0.2, 0.25) is 10.1 Å². The van der Waals surface area contributed by atoms with Crippen LogP contribution in [0.5, 0.6) is 0 Å². The van der Waals surface area contributed by atoms with E-state index in [0.717, 1.165) is 0 Å². The van der Waals surface area contributed by atoms with E-state index in [4.69, 9.17) is 11.6 Å². The molecule has 0 radical (unpaired) electrons. The fourth-order valence-corrected chi connectivity index (χ4v) is 2.58. The Labute approximate surface area is 141 Å². The lowest BCUT2D eigenvalue weighted by atomic mass is 10.1. The number of anilines is 1. The van der Waals surface area contributed by atoms with Gasteiger partial charge in [0.25, 0.3) is 5.91 Å². The zero-order valence-corrected chi connectivity index (χ0v) is 13.1. The van der Waals surface area contributed by atoms with E-state index in [1.807, 2.05) is 0 Å². The lowest BCUT2D eigenvalue weighted by molar-refractivity contribution is -0.138. The highest BCUT2D eigenvalue weighted by Crippen LogP contribution is 2.33. The van der Waals surface area contributed by atoms with Crippen LogP contribution in [0.4, 0.5) is 18.3 Å². The quantitative estimate of drug-likeness (QED) is 0.730. The van der Waals surface area contributed by atoms with Crippen molar-refractivity contribution in [1.82, 2.24) is 20.4 Å². The van der Waals surface area contributed by atoms with E-state index >= 15 is 0 Å². The number of amides is 1. The normalized spacial score (nSPS) is 11.5. The maximum absolute atomic E-state index is 12.5. The Morgan fingerprint density at radius 1 is 1.21 bits per heavy atom. The molecule has 0 aliphatic carbocycles. The molecule has 0 unspecified atom stereocenters. The zero-order chi connectivity index (χ0) is 17.3. The van der Waals surface area contributed by atoms with Gasteiger partial charge in [-0.1, -0.05) is 35.1 Å². The lowest BCUT2D eigenvalue weighted by Crippen LogP contribution is -2.12. The number of aromatic amines is 1. The van der Waals surface area contributed by atoms with Crippen LogP contribution in [-0.4, -0.2) is 26.3 Å². The molecule has 0 saturated carbocycles. The van der Waals surface area contributed by atoms with Crippen molar-refractivity contribution in [2.75, 3.05) is 5.32 Å². The molecule has 0 aliphatic rings. The maximum atomic E-state index is 12.5. The molecule has 0 atom stereocenters. The van der Waals surface area contributed by atoms with Gasteiger partial charge >= 0.3 is 6.18 Å². The Morgan fingerprint density at radius 3 is 2.54 bits per heavy atom. The minimum atomic E-state index is -4.61. The Hall–Kier alpha value is -2.46. The molecular formula is C13H7ClF3N5OS. The smallest absolute Gasteiger partial charge is 0.296 e. The molecule has 0 fully saturated rings. The predicted molar refractivity (Wildman–Crippen MR) is 81.9 cm³/mol. The number of carbonyl (C=O) groups excluding carboxylic acids is 1. The number of carbonyl (C=O) groups is 1. The van der Waals surface area contributed by atoms with Crippen molar-refractivity contribution in [3.8, 4) is 11.3 Å². The van der Waals surface area contributed by atoms with E-state index in [9.17, 15) is 18.0 Å². The first-order valence-electron chi connectivity index (χ1n) is 6.36. The van der Waals surface area contributed by atoms with E-state index in [1.165, 1.54) is 6.20 Å². The van der Waals surface area contributed by atoms with Gasteiger partial charge in [0.15, 0.2) is 0 Å². The maximum Gasteiger partial charge on any atom is 0.445 e. The van der Waals surface area contributed by atoms with Gasteiger partial charge in [-0.2, -0.15) is 18.3 Å². The molecule has 0 saturated heterocycles. The Morgan fingerprint density at radius 2 is 1.92 bits per heavy atom. The first kappa shape index (κ1) is 16.4. The third kappa shape index (κ3) is 3.39. The first-order chi connectivity index (χ1) is 11.3. The Balaban J connectivity index is 1.83. The largest absolute Gasteiger partial charge is 0.445 e. The summed E-state index contributed by atoms with van der Waals surface area (Å²) in [5.74, 6) is -0.654. The van der Waals surface area contributed by atoms with Crippen LogP contribution in [0.3, 0.4) is 0 Å². The number of hydrogen-bond donors (Lipinski definition) is 2. The van der Waals surface area contributed by atoms with Gasteiger partial charge in [-0.15, -0.1) is 10.2 Å². The summed E-state index contributed by atoms with van der Waals surface area (Å²) in [5.41, 5.74) is 1.21. The molecule has 0 spiro atoms. The van der Waals surface area contributed by atoms with Crippen molar-refractivity contribution in [2.24, 2.45) is 0 Å². The minimum absolute atomic E-state index is 0.154. The van der Waals surface area contributed by atoms with Crippen molar-refractivity contribution < 1.29 is 18.0 Å². The molecule has 0 aliphatic heterocycles. The minimum Gasteiger partial charge on any atom is -0.296 e. The highest BCUT2D eigenvalue weighted by Gasteiger charge is 2.36. The number of rotatable bonds is 3. The molecule has 24 heavy (non-hydrogen) atoms. The van der Waals surface area contributed by atoms with Crippen molar-refractivity contribution in [3.05, 3.63) is 46.1 Å². The number of halogens is 4. The predicted octanol–water partition coefficient (Wildman–Crippen LogP) is 3.85. The number of aromatic nitrogens is 4. The number of H-pyrrole nitrogens is 1. The summed E-state index contributed by atoms with van der Waals surface area (Å²) < 4.78 is 37.5. The molecule has 0 bridgehead atoms. The van der Waals surface area contributed by atoms with Gasteiger partial charge in [0.05, 0.1) is 17.5 Å². The van der Waals surface area contributed by atoms with Crippen LogP contribution in [0.15, 0.2) is 30.5 Å². The number of alkyl halides is 3. The summed E-state index contributed by atoms with van der Waals surface area (Å²) >= 11 is 6.05. The average Bonchev–Trinajstić information content (AvgIpc) is 3.16. The molecule has 3 aromatic rings. The second-order valence-corrected chi connectivity index (χ2v) is 5.94. The summed E-state index contributed by atoms with van der Waals surface area (Å²) in [7, 11) is 0. The second-order valence-electron chi connectivity index (χ2n) is 4.53. The summed E-state index contributed by atoms with van der Waals surface area (Å²) in [6, 6.07) is 6.64. The summed E-state index contributed by atoms with van der Waals surface area (Å²) in [4.78, 5) is 12.3. The van der Waals surface area contributed by atoms with Crippen LogP contribution in [0.1, 0.15) is 15.4 Å². The topological polar surface area (TPSA) is 83.6 Å². The molecule has 2 aromatic heterocycles. The van der Waals surface area contributed by atoms with E-state index in [0.29, 0.717) is 16.3 Å². The highest BCUT2D eigenvalue weighted by molar-refractivity contribution is 7.15. The van der Waals surface area contributed by atoms with E-state index < -0.39 is 17.1 Å². The number of benzene rings is 1. The molecule has 2 N–H and O–H groups in total. The monoisotopic (exact) mass is 373 g/mol. The summed E-state index contributed by atoms with van der Waals surface area (Å²) in [5, 5.41) is 14.2. The lowest BCUT2D eigenvalue weighted by Gasteiger charge is -2.03. The third-order valence-electron chi connectivity index (χ3n) is 2.90. The molecular weight excluding hydrogens is 367 g/mol. The molecule has 1 aromatic carbocycles. The van der Waals surface area contributed by atoms with Crippen molar-refractivity contribution >= 4 is 34.0 Å². The summed E-state index contributed by atoms with van der Waals surface area (Å²) in [6.07, 6.45) is -3.34. The van der Waals surface area contributed by atoms with Gasteiger partial charge in [-0.05, 0) is 12.1 Å². The molecule has 124 valence electrons. The SMILES string of the molecule is O=C(Nc1nnc(C(F)(F)F)s1)c1cn[nH]c1-c1ccc(Cl)cc1. The third-order valence-corrected chi connectivity index (χ3v) is 4.04. The summed E-state index contributed by atoms with van der Waals surface area (Å²) in [6.45, 7) is 0. The van der Waals surface area contributed by atoms with E-state index in [-0.39, 0.29) is 22.0 Å². The molecule has 3 rings (SSSR count). The molecule has 11 heteroatoms. The van der Waals surface area contributed by atoms with Crippen LogP contribution >= 0.6 is 22.9 Å². The van der Waals surface area contributed by atoms with Crippen LogP contribution in [-0.2, 0) is 6.18 Å². The van der Waals surface area contributed by atoms with Gasteiger partial charge in [-0.25, -0.2) is 0 Å². The van der Waals surface area contributed by atoms with Crippen molar-refractivity contribution in [2.45, 2.75) is 6.18 Å². The average molecular weight is 374 g/mol. The van der Waals surface area contributed by atoms with Crippen LogP contribution in [0.25, 0.3) is 11.3 Å². The standard InChI is InChI=1S/C13H7ClF3N5OS/c14-7-3-1-6(2-4-7)9-8(5-18-20-9)10(23)19-12-22-21-11(24-12)13(15,16)17/h1-5H,(H,18,20)(H,19,22,23). The van der Waals surface area contributed by atoms with Crippen molar-refractivity contribution in [3.63, 3.8) is 0 Å². The van der Waals surface area contributed by atoms with Gasteiger partial charge in [-0.3, -0.25) is 15.2 Å². The first-order valence-corrected chi connectivity index (χ1v) is 7.55. The number of nitrogens with one attached hydrogen (secondary N) is 2.